The zero-order valence-corrected chi connectivity index (χ0v) is 8.18. The molecule has 0 heterocycles. The van der Waals surface area contributed by atoms with E-state index in [9.17, 15) is 0 Å². The van der Waals surface area contributed by atoms with Gasteiger partial charge in [0, 0.05) is 0 Å². The third kappa shape index (κ3) is 1.77. The first-order valence-electron chi connectivity index (χ1n) is 3.69. The van der Waals surface area contributed by atoms with E-state index in [-0.39, 0.29) is 0 Å². The van der Waals surface area contributed by atoms with Crippen LogP contribution < -0.4 is 0 Å². The Hall–Kier alpha value is -1.01. The number of nitrogens with zero attached hydrogens (tertiary/aromatic N) is 1. The lowest BCUT2D eigenvalue weighted by molar-refractivity contribution is 1.14. The molecule has 0 saturated carbocycles. The van der Waals surface area contributed by atoms with E-state index in [1.807, 2.05) is 32.0 Å². The van der Waals surface area contributed by atoms with Gasteiger partial charge in [-0.25, -0.2) is 5.53 Å². The number of rotatable bonds is 2. The zero-order valence-electron chi connectivity index (χ0n) is 7.18. The minimum absolute atomic E-state index is 0.688. The standard InChI is InChI=1S/C9H11N2P/c1-6-3-4-8(11-10)5-9(6)7(2)12/h3-5,10,12H,1-2H3. The quantitative estimate of drug-likeness (QED) is 0.532. The monoisotopic (exact) mass is 178 g/mol. The van der Waals surface area contributed by atoms with Gasteiger partial charge in [0.25, 0.3) is 0 Å². The molecule has 3 heteroatoms. The van der Waals surface area contributed by atoms with Crippen LogP contribution in [0.5, 0.6) is 0 Å². The van der Waals surface area contributed by atoms with Crippen molar-refractivity contribution in [2.75, 3.05) is 0 Å². The lowest BCUT2D eigenvalue weighted by Crippen LogP contribution is -1.92. The van der Waals surface area contributed by atoms with Crippen LogP contribution in [-0.4, -0.2) is 5.29 Å². The van der Waals surface area contributed by atoms with E-state index < -0.39 is 0 Å². The summed E-state index contributed by atoms with van der Waals surface area (Å²) in [7, 11) is 3.46. The number of aryl methyl sites for hydroxylation is 1. The molecule has 0 atom stereocenters. The van der Waals surface area contributed by atoms with Crippen LogP contribution in [0.15, 0.2) is 23.3 Å². The average molecular weight is 178 g/mol. The molecule has 1 rings (SSSR count). The van der Waals surface area contributed by atoms with Crippen LogP contribution in [-0.2, 0) is 0 Å². The lowest BCUT2D eigenvalue weighted by atomic mass is 10.1. The summed E-state index contributed by atoms with van der Waals surface area (Å²) in [5.74, 6) is 0. The van der Waals surface area contributed by atoms with Crippen LogP contribution in [0.3, 0.4) is 0 Å². The molecule has 0 bridgehead atoms. The summed E-state index contributed by atoms with van der Waals surface area (Å²) in [6.45, 7) is 4.01. The third-order valence-electron chi connectivity index (χ3n) is 1.75. The highest BCUT2D eigenvalue weighted by Crippen LogP contribution is 2.18. The van der Waals surface area contributed by atoms with Gasteiger partial charge >= 0.3 is 0 Å². The summed E-state index contributed by atoms with van der Waals surface area (Å²) in [6, 6.07) is 5.69. The normalized spacial score (nSPS) is 9.50. The summed E-state index contributed by atoms with van der Waals surface area (Å²) >= 11 is 0. The molecule has 0 unspecified atom stereocenters. The molecule has 62 valence electrons. The van der Waals surface area contributed by atoms with E-state index in [0.717, 1.165) is 10.9 Å². The topological polar surface area (TPSA) is 36.2 Å². The highest BCUT2D eigenvalue weighted by molar-refractivity contribution is 7.22. The van der Waals surface area contributed by atoms with Crippen molar-refractivity contribution in [2.24, 2.45) is 5.11 Å². The van der Waals surface area contributed by atoms with E-state index in [2.05, 4.69) is 14.0 Å². The van der Waals surface area contributed by atoms with Gasteiger partial charge in [0.05, 0.1) is 5.69 Å². The van der Waals surface area contributed by atoms with Gasteiger partial charge in [0.1, 0.15) is 0 Å². The van der Waals surface area contributed by atoms with Crippen molar-refractivity contribution in [1.29, 1.82) is 5.53 Å². The number of hydrogen-bond acceptors (Lipinski definition) is 2. The summed E-state index contributed by atoms with van der Waals surface area (Å²) in [6.07, 6.45) is 0. The van der Waals surface area contributed by atoms with E-state index in [0.29, 0.717) is 5.69 Å². The molecule has 1 N–H and O–H groups in total. The molecule has 1 aromatic rings. The maximum Gasteiger partial charge on any atom is 0.0856 e. The molecule has 1 aromatic carbocycles. The predicted molar refractivity (Wildman–Crippen MR) is 54.1 cm³/mol. The molecular weight excluding hydrogens is 167 g/mol. The molecule has 0 radical (unpaired) electrons. The maximum absolute atomic E-state index is 6.85. The van der Waals surface area contributed by atoms with Gasteiger partial charge in [-0.15, -0.1) is 8.86 Å². The van der Waals surface area contributed by atoms with Gasteiger partial charge in [-0.1, -0.05) is 6.07 Å². The van der Waals surface area contributed by atoms with Crippen molar-refractivity contribution in [3.63, 3.8) is 0 Å². The van der Waals surface area contributed by atoms with E-state index in [1.54, 1.807) is 0 Å². The fraction of sp³-hybridized carbons (Fsp3) is 0.222. The third-order valence-corrected chi connectivity index (χ3v) is 2.02. The van der Waals surface area contributed by atoms with Gasteiger partial charge in [0.15, 0.2) is 0 Å². The molecule has 0 aromatic heterocycles. The molecule has 0 aliphatic carbocycles. The van der Waals surface area contributed by atoms with E-state index in [4.69, 9.17) is 5.53 Å². The van der Waals surface area contributed by atoms with Crippen molar-refractivity contribution in [2.45, 2.75) is 13.8 Å². The molecular formula is C9H11N2P. The summed E-state index contributed by atoms with van der Waals surface area (Å²) in [5.41, 5.74) is 9.84. The number of hydrogen-bond donors (Lipinski definition) is 1. The lowest BCUT2D eigenvalue weighted by Gasteiger charge is -2.04. The Labute approximate surface area is 74.4 Å². The minimum Gasteiger partial charge on any atom is -0.204 e. The first-order chi connectivity index (χ1) is 5.65. The highest BCUT2D eigenvalue weighted by Gasteiger charge is 1.99. The van der Waals surface area contributed by atoms with Crippen molar-refractivity contribution in [3.8, 4) is 0 Å². The summed E-state index contributed by atoms with van der Waals surface area (Å²) in [4.78, 5) is 0. The smallest absolute Gasteiger partial charge is 0.0856 e. The Balaban J connectivity index is 3.25. The van der Waals surface area contributed by atoms with Gasteiger partial charge in [-0.3, -0.25) is 0 Å². The van der Waals surface area contributed by atoms with Crippen LogP contribution in [0.2, 0.25) is 0 Å². The molecule has 0 aliphatic rings. The molecule has 0 saturated heterocycles. The van der Waals surface area contributed by atoms with Gasteiger partial charge in [-0.05, 0) is 42.4 Å². The Bertz CT molecular complexity index is 331. The number of benzene rings is 1. The molecule has 0 spiro atoms. The molecule has 0 amide bonds. The average Bonchev–Trinajstić information content (AvgIpc) is 2.05. The van der Waals surface area contributed by atoms with Gasteiger partial charge in [0.2, 0.25) is 0 Å². The molecule has 2 nitrogen and oxygen atoms in total. The zero-order chi connectivity index (χ0) is 9.14. The largest absolute Gasteiger partial charge is 0.204 e. The van der Waals surface area contributed by atoms with Crippen LogP contribution in [0.1, 0.15) is 18.1 Å². The fourth-order valence-corrected chi connectivity index (χ4v) is 1.35. The van der Waals surface area contributed by atoms with Crippen molar-refractivity contribution >= 4 is 19.8 Å². The highest BCUT2D eigenvalue weighted by atomic mass is 31.0. The van der Waals surface area contributed by atoms with Crippen LogP contribution in [0.25, 0.3) is 0 Å². The Morgan fingerprint density at radius 2 is 2.17 bits per heavy atom. The van der Waals surface area contributed by atoms with E-state index >= 15 is 0 Å². The second kappa shape index (κ2) is 3.59. The van der Waals surface area contributed by atoms with Crippen molar-refractivity contribution < 1.29 is 0 Å². The maximum atomic E-state index is 6.85. The minimum atomic E-state index is 0.688. The first kappa shape index (κ1) is 9.08. The fourth-order valence-electron chi connectivity index (χ4n) is 1.08. The van der Waals surface area contributed by atoms with Gasteiger partial charge < -0.3 is 0 Å². The summed E-state index contributed by atoms with van der Waals surface area (Å²) in [5, 5.41) is 4.44. The molecule has 0 aliphatic heterocycles. The van der Waals surface area contributed by atoms with Crippen LogP contribution in [0, 0.1) is 12.5 Å². The first-order valence-corrected chi connectivity index (χ1v) is 4.19. The molecule has 12 heavy (non-hydrogen) atoms. The Morgan fingerprint density at radius 3 is 2.67 bits per heavy atom. The van der Waals surface area contributed by atoms with Crippen molar-refractivity contribution in [1.82, 2.24) is 0 Å². The van der Waals surface area contributed by atoms with E-state index in [1.165, 1.54) is 5.56 Å². The van der Waals surface area contributed by atoms with Crippen LogP contribution in [0.4, 0.5) is 5.69 Å². The second-order valence-corrected chi connectivity index (χ2v) is 3.49. The molecule has 0 fully saturated rings. The van der Waals surface area contributed by atoms with Gasteiger partial charge in [-0.2, -0.15) is 5.11 Å². The predicted octanol–water partition coefficient (Wildman–Crippen LogP) is 3.34. The van der Waals surface area contributed by atoms with Crippen molar-refractivity contribution in [3.05, 3.63) is 29.3 Å². The Kier molecular flexibility index (Phi) is 2.72. The second-order valence-electron chi connectivity index (χ2n) is 2.74. The number of nitrogens with one attached hydrogen (secondary N) is 1. The van der Waals surface area contributed by atoms with Crippen LogP contribution >= 0.6 is 8.86 Å². The summed E-state index contributed by atoms with van der Waals surface area (Å²) < 4.78 is 0. The SMILES string of the molecule is CC(=P)c1cc(N=N)ccc1C. The Morgan fingerprint density at radius 1 is 1.50 bits per heavy atom.